The molecule has 0 aromatic rings. The molecular weight excluding hydrogens is 861 g/mol. The van der Waals surface area contributed by atoms with Crippen LogP contribution in [0.1, 0.15) is 258 Å². The van der Waals surface area contributed by atoms with Crippen molar-refractivity contribution in [2.45, 2.75) is 258 Å². The largest absolute Gasteiger partial charge is 2.00 e. The van der Waals surface area contributed by atoms with Crippen molar-refractivity contribution in [3.05, 3.63) is 24.3 Å². The molecule has 0 aromatic carbocycles. The maximum Gasteiger partial charge on any atom is 2.00 e. The second-order valence-corrected chi connectivity index (χ2v) is 20.6. The van der Waals surface area contributed by atoms with E-state index in [4.69, 9.17) is 4.55 Å². The van der Waals surface area contributed by atoms with Crippen molar-refractivity contribution in [3.8, 4) is 0 Å². The minimum atomic E-state index is -4.16. The number of amides is 1. The molecule has 0 aromatic heterocycles. The zero-order valence-electron chi connectivity index (χ0n) is 40.8. The zero-order chi connectivity index (χ0) is 46.1. The first-order valence-electron chi connectivity index (χ1n) is 25.6. The van der Waals surface area contributed by atoms with Crippen molar-refractivity contribution in [1.82, 2.24) is 5.32 Å². The standard InChI is InChI=1S/2C25H49NO4S.Ca/c2*1-2-3-4-5-6-7-8-9-10-11-12-13-14-15-16-17-18-19-22-25(27)26-23-20-21-24-31(28,29)30;/h2*19,22H,2-18,20-21,23-24H2,1H3,(H,26,27)(H,28,29,30);/q;;+2/p-2/b2*22-19+;. The van der Waals surface area contributed by atoms with E-state index in [2.05, 4.69) is 24.2 Å². The number of unbranched alkanes of at least 4 members (excludes halogenated alkanes) is 34. The molecule has 0 aliphatic rings. The second kappa shape index (κ2) is 52.5. The molecule has 0 spiro atoms. The van der Waals surface area contributed by atoms with E-state index in [1.54, 1.807) is 6.08 Å². The van der Waals surface area contributed by atoms with Crippen LogP contribution in [0.3, 0.4) is 0 Å². The van der Waals surface area contributed by atoms with E-state index in [9.17, 15) is 31.3 Å². The normalized spacial score (nSPS) is 12.2. The van der Waals surface area contributed by atoms with Crippen LogP contribution in [0.2, 0.25) is 0 Å². The van der Waals surface area contributed by atoms with Crippen LogP contribution in [0.4, 0.5) is 0 Å². The van der Waals surface area contributed by atoms with Gasteiger partial charge in [0, 0.05) is 18.8 Å². The number of nitrogens with zero attached hydrogens (tertiary/aromatic N) is 1. The molecule has 0 radical (unpaired) electrons. The average Bonchev–Trinajstić information content (AvgIpc) is 3.22. The molecule has 0 fully saturated rings. The third kappa shape index (κ3) is 65.9. The number of hydrogen-bond acceptors (Lipinski definition) is 8. The molecule has 0 atom stereocenters. The van der Waals surface area contributed by atoms with Crippen molar-refractivity contribution in [3.63, 3.8) is 0 Å². The van der Waals surface area contributed by atoms with Crippen LogP contribution in [0, 0.1) is 0 Å². The van der Waals surface area contributed by atoms with Crippen molar-refractivity contribution >= 4 is 69.8 Å². The molecule has 63 heavy (non-hydrogen) atoms. The minimum Gasteiger partial charge on any atom is -0.859 e. The molecule has 0 unspecified atom stereocenters. The van der Waals surface area contributed by atoms with Gasteiger partial charge in [0.2, 0.25) is 5.91 Å². The Labute approximate surface area is 419 Å². The maximum atomic E-state index is 11.6. The van der Waals surface area contributed by atoms with Crippen molar-refractivity contribution in [1.29, 1.82) is 0 Å². The Morgan fingerprint density at radius 3 is 1.17 bits per heavy atom. The van der Waals surface area contributed by atoms with E-state index >= 15 is 0 Å². The monoisotopic (exact) mass is 957 g/mol. The maximum absolute atomic E-state index is 11.6. The molecule has 0 saturated carbocycles. The molecular formula is C50H96CaN2O8S2. The van der Waals surface area contributed by atoms with Gasteiger partial charge in [0.05, 0.1) is 15.9 Å². The van der Waals surface area contributed by atoms with Crippen LogP contribution in [0.25, 0.3) is 0 Å². The van der Waals surface area contributed by atoms with Gasteiger partial charge in [-0.25, -0.2) is 8.42 Å². The molecule has 0 aliphatic carbocycles. The number of carbonyl (C=O) groups excluding carboxylic acids is 1. The summed E-state index contributed by atoms with van der Waals surface area (Å²) < 4.78 is 61.1. The predicted molar refractivity (Wildman–Crippen MR) is 267 cm³/mol. The first-order chi connectivity index (χ1) is 29.9. The molecule has 1 amide bonds. The van der Waals surface area contributed by atoms with E-state index < -0.39 is 20.2 Å². The summed E-state index contributed by atoms with van der Waals surface area (Å²) in [5.41, 5.74) is 0. The van der Waals surface area contributed by atoms with E-state index in [0.29, 0.717) is 25.8 Å². The third-order valence-corrected chi connectivity index (χ3v) is 12.8. The van der Waals surface area contributed by atoms with Gasteiger partial charge in [0.1, 0.15) is 0 Å². The summed E-state index contributed by atoms with van der Waals surface area (Å²) in [6, 6.07) is 0. The van der Waals surface area contributed by atoms with Gasteiger partial charge in [-0.3, -0.25) is 9.35 Å². The minimum absolute atomic E-state index is 0. The summed E-state index contributed by atoms with van der Waals surface area (Å²) in [4.78, 5) is 15.4. The summed E-state index contributed by atoms with van der Waals surface area (Å²) in [6.45, 7) is 5.25. The molecule has 0 saturated heterocycles. The fraction of sp³-hybridized carbons (Fsp3) is 0.880. The van der Waals surface area contributed by atoms with Gasteiger partial charge in [-0.1, -0.05) is 225 Å². The number of allylic oxidation sites excluding steroid dienone is 2. The summed E-state index contributed by atoms with van der Waals surface area (Å²) in [6.07, 6.45) is 53.7. The van der Waals surface area contributed by atoms with Gasteiger partial charge in [-0.15, -0.1) is 0 Å². The van der Waals surface area contributed by atoms with Crippen LogP contribution in [0.5, 0.6) is 0 Å². The molecule has 0 bridgehead atoms. The Bertz CT molecular complexity index is 1280. The third-order valence-electron chi connectivity index (χ3n) is 11.2. The Morgan fingerprint density at radius 1 is 0.492 bits per heavy atom. The topological polar surface area (TPSA) is 176 Å². The van der Waals surface area contributed by atoms with Gasteiger partial charge in [0.25, 0.3) is 10.1 Å². The van der Waals surface area contributed by atoms with Crippen LogP contribution in [-0.4, -0.2) is 100 Å². The fourth-order valence-corrected chi connectivity index (χ4v) is 8.43. The van der Waals surface area contributed by atoms with Gasteiger partial charge in [-0.2, -0.15) is 8.42 Å². The Hall–Kier alpha value is -0.500. The molecule has 368 valence electrons. The Balaban J connectivity index is -0.00000112. The quantitative estimate of drug-likeness (QED) is 0.0151. The summed E-state index contributed by atoms with van der Waals surface area (Å²) >= 11 is 0. The van der Waals surface area contributed by atoms with Crippen LogP contribution < -0.4 is 10.4 Å². The summed E-state index contributed by atoms with van der Waals surface area (Å²) in [5.74, 6) is -1.05. The molecule has 13 heteroatoms. The molecule has 0 rings (SSSR count). The SMILES string of the molecule is CCCCCCCCCCCCCCCCCC/C=C/C(=O)NCCCCS(=O)(=O)O.CCCCCCCCCCCCCCCCCC/C=C/C([O-])=NCCCCS(=O)(=O)[O-].[Ca+2]. The molecule has 2 N–H and O–H groups in total. The van der Waals surface area contributed by atoms with E-state index in [1.165, 1.54) is 199 Å². The molecule has 10 nitrogen and oxygen atoms in total. The van der Waals surface area contributed by atoms with E-state index in [-0.39, 0.29) is 74.0 Å². The van der Waals surface area contributed by atoms with Crippen molar-refractivity contribution in [2.24, 2.45) is 4.99 Å². The zero-order valence-corrected chi connectivity index (χ0v) is 44.6. The van der Waals surface area contributed by atoms with E-state index in [0.717, 1.165) is 25.7 Å². The van der Waals surface area contributed by atoms with Gasteiger partial charge < -0.3 is 20.0 Å². The van der Waals surface area contributed by atoms with Gasteiger partial charge in [-0.05, 0) is 63.3 Å². The number of rotatable bonds is 46. The Morgan fingerprint density at radius 2 is 0.825 bits per heavy atom. The number of aliphatic imine (C=N–C) groups is 1. The van der Waals surface area contributed by atoms with Crippen LogP contribution in [0.15, 0.2) is 29.3 Å². The summed E-state index contributed by atoms with van der Waals surface area (Å²) in [5, 5.41) is 14.3. The predicted octanol–water partition coefficient (Wildman–Crippen LogP) is 12.9. The second-order valence-electron chi connectivity index (χ2n) is 17.5. The smallest absolute Gasteiger partial charge is 0.859 e. The number of hydrogen-bond donors (Lipinski definition) is 2. The summed E-state index contributed by atoms with van der Waals surface area (Å²) in [7, 11) is -8.05. The van der Waals surface area contributed by atoms with Crippen LogP contribution in [-0.2, 0) is 25.0 Å². The van der Waals surface area contributed by atoms with Crippen molar-refractivity contribution < 1.29 is 35.8 Å². The van der Waals surface area contributed by atoms with Gasteiger partial charge >= 0.3 is 37.7 Å². The first kappa shape index (κ1) is 66.8. The molecule has 0 heterocycles. The van der Waals surface area contributed by atoms with Crippen molar-refractivity contribution in [2.75, 3.05) is 24.6 Å². The molecule has 0 aliphatic heterocycles. The average molecular weight is 958 g/mol. The van der Waals surface area contributed by atoms with Crippen LogP contribution >= 0.6 is 0 Å². The number of nitrogens with one attached hydrogen (secondary N) is 1. The van der Waals surface area contributed by atoms with E-state index in [1.807, 2.05) is 12.2 Å². The number of carbonyl (C=O) groups is 1. The van der Waals surface area contributed by atoms with Gasteiger partial charge in [0.15, 0.2) is 0 Å². The Kier molecular flexibility index (Phi) is 55.6. The fourth-order valence-electron chi connectivity index (χ4n) is 7.31. The first-order valence-corrected chi connectivity index (χ1v) is 28.8.